The summed E-state index contributed by atoms with van der Waals surface area (Å²) in [5, 5.41) is 6.51. The molecule has 0 saturated heterocycles. The van der Waals surface area contributed by atoms with Gasteiger partial charge in [0, 0.05) is 25.4 Å². The molecular weight excluding hydrogens is 282 g/mol. The van der Waals surface area contributed by atoms with Crippen molar-refractivity contribution in [2.24, 2.45) is 0 Å². The normalized spacial score (nSPS) is 16.1. The van der Waals surface area contributed by atoms with E-state index in [1.54, 1.807) is 6.07 Å². The lowest BCUT2D eigenvalue weighted by molar-refractivity contribution is -0.121. The molecule has 7 heteroatoms. The molecule has 2 aromatic rings. The minimum absolute atomic E-state index is 0.106. The van der Waals surface area contributed by atoms with E-state index < -0.39 is 0 Å². The van der Waals surface area contributed by atoms with E-state index in [0.717, 1.165) is 30.2 Å². The van der Waals surface area contributed by atoms with Crippen molar-refractivity contribution in [3.63, 3.8) is 0 Å². The Morgan fingerprint density at radius 1 is 1.45 bits per heavy atom. The van der Waals surface area contributed by atoms with E-state index in [1.807, 2.05) is 27.0 Å². The number of fused-ring (bicyclic) bond motifs is 1. The summed E-state index contributed by atoms with van der Waals surface area (Å²) < 4.78 is 5.02. The number of aryl methyl sites for hydroxylation is 2. The van der Waals surface area contributed by atoms with Gasteiger partial charge in [-0.1, -0.05) is 5.16 Å². The first kappa shape index (κ1) is 14.6. The molecule has 7 nitrogen and oxygen atoms in total. The Labute approximate surface area is 128 Å². The van der Waals surface area contributed by atoms with Crippen molar-refractivity contribution in [2.75, 3.05) is 11.9 Å². The molecule has 1 aliphatic rings. The molecule has 2 aromatic heterocycles. The standard InChI is InChI=1S/C15H19N5O2/c1-9-6-14(22-19-9)18-15(21)10(2)20-5-4-12-7-16-11(3)17-13(12)8-20/h6-7,10H,4-5,8H2,1-3H3,(H,18,21)/t10-/m1/s1. The predicted octanol–water partition coefficient (Wildman–Crippen LogP) is 1.47. The van der Waals surface area contributed by atoms with Crippen LogP contribution in [0.2, 0.25) is 0 Å². The smallest absolute Gasteiger partial charge is 0.243 e. The van der Waals surface area contributed by atoms with E-state index in [0.29, 0.717) is 12.4 Å². The van der Waals surface area contributed by atoms with Crippen molar-refractivity contribution >= 4 is 11.8 Å². The Hall–Kier alpha value is -2.28. The number of rotatable bonds is 3. The summed E-state index contributed by atoms with van der Waals surface area (Å²) >= 11 is 0. The highest BCUT2D eigenvalue weighted by molar-refractivity contribution is 5.93. The van der Waals surface area contributed by atoms with Crippen LogP contribution >= 0.6 is 0 Å². The third kappa shape index (κ3) is 2.99. The summed E-state index contributed by atoms with van der Waals surface area (Å²) in [6.45, 7) is 7.04. The zero-order chi connectivity index (χ0) is 15.7. The quantitative estimate of drug-likeness (QED) is 0.924. The number of nitrogens with zero attached hydrogens (tertiary/aromatic N) is 4. The molecular formula is C15H19N5O2. The van der Waals surface area contributed by atoms with Gasteiger partial charge in [0.25, 0.3) is 0 Å². The molecule has 0 saturated carbocycles. The molecule has 1 aliphatic heterocycles. The maximum absolute atomic E-state index is 12.3. The Bertz CT molecular complexity index is 697. The number of carbonyl (C=O) groups is 1. The van der Waals surface area contributed by atoms with Crippen LogP contribution in [0.3, 0.4) is 0 Å². The first-order valence-corrected chi connectivity index (χ1v) is 7.32. The molecule has 0 aromatic carbocycles. The molecule has 0 radical (unpaired) electrons. The van der Waals surface area contributed by atoms with E-state index in [4.69, 9.17) is 4.52 Å². The maximum atomic E-state index is 12.3. The topological polar surface area (TPSA) is 84.2 Å². The van der Waals surface area contributed by atoms with Crippen molar-refractivity contribution in [2.45, 2.75) is 39.8 Å². The van der Waals surface area contributed by atoms with Gasteiger partial charge in [0.05, 0.1) is 17.4 Å². The van der Waals surface area contributed by atoms with Crippen LogP contribution in [0.4, 0.5) is 5.88 Å². The van der Waals surface area contributed by atoms with Gasteiger partial charge in [0.2, 0.25) is 11.8 Å². The lowest BCUT2D eigenvalue weighted by Gasteiger charge is -2.31. The average molecular weight is 301 g/mol. The number of hydrogen-bond donors (Lipinski definition) is 1. The molecule has 0 aliphatic carbocycles. The highest BCUT2D eigenvalue weighted by Gasteiger charge is 2.26. The fraction of sp³-hybridized carbons (Fsp3) is 0.467. The third-order valence-electron chi connectivity index (χ3n) is 3.90. The van der Waals surface area contributed by atoms with Gasteiger partial charge in [0.1, 0.15) is 5.82 Å². The molecule has 1 amide bonds. The molecule has 22 heavy (non-hydrogen) atoms. The van der Waals surface area contributed by atoms with Crippen molar-refractivity contribution in [3.05, 3.63) is 35.0 Å². The number of nitrogens with one attached hydrogen (secondary N) is 1. The van der Waals surface area contributed by atoms with Gasteiger partial charge < -0.3 is 4.52 Å². The molecule has 0 fully saturated rings. The van der Waals surface area contributed by atoms with E-state index in [2.05, 4.69) is 25.3 Å². The van der Waals surface area contributed by atoms with Crippen LogP contribution in [0.1, 0.15) is 29.7 Å². The summed E-state index contributed by atoms with van der Waals surface area (Å²) in [7, 11) is 0. The second-order valence-electron chi connectivity index (χ2n) is 5.61. The molecule has 0 unspecified atom stereocenters. The van der Waals surface area contributed by atoms with Gasteiger partial charge in [-0.05, 0) is 32.8 Å². The monoisotopic (exact) mass is 301 g/mol. The lowest BCUT2D eigenvalue weighted by atomic mass is 10.0. The molecule has 3 rings (SSSR count). The minimum Gasteiger partial charge on any atom is -0.338 e. The molecule has 116 valence electrons. The summed E-state index contributed by atoms with van der Waals surface area (Å²) in [6.07, 6.45) is 2.74. The van der Waals surface area contributed by atoms with Gasteiger partial charge in [-0.25, -0.2) is 9.97 Å². The highest BCUT2D eigenvalue weighted by Crippen LogP contribution is 2.19. The first-order valence-electron chi connectivity index (χ1n) is 7.32. The average Bonchev–Trinajstić information content (AvgIpc) is 2.90. The van der Waals surface area contributed by atoms with Crippen molar-refractivity contribution < 1.29 is 9.32 Å². The molecule has 0 bridgehead atoms. The number of carbonyl (C=O) groups excluding carboxylic acids is 1. The maximum Gasteiger partial charge on any atom is 0.243 e. The zero-order valence-corrected chi connectivity index (χ0v) is 13.0. The van der Waals surface area contributed by atoms with Crippen LogP contribution in [0.5, 0.6) is 0 Å². The Kier molecular flexibility index (Phi) is 3.89. The van der Waals surface area contributed by atoms with Gasteiger partial charge in [-0.3, -0.25) is 15.0 Å². The molecule has 1 N–H and O–H groups in total. The molecule has 3 heterocycles. The van der Waals surface area contributed by atoms with Crippen LogP contribution in [0, 0.1) is 13.8 Å². The van der Waals surface area contributed by atoms with E-state index in [-0.39, 0.29) is 11.9 Å². The van der Waals surface area contributed by atoms with Crippen LogP contribution in [-0.4, -0.2) is 38.5 Å². The van der Waals surface area contributed by atoms with E-state index in [9.17, 15) is 4.79 Å². The zero-order valence-electron chi connectivity index (χ0n) is 13.0. The Morgan fingerprint density at radius 3 is 3.00 bits per heavy atom. The summed E-state index contributed by atoms with van der Waals surface area (Å²) in [4.78, 5) is 23.1. The summed E-state index contributed by atoms with van der Waals surface area (Å²) in [5.41, 5.74) is 2.91. The molecule has 0 spiro atoms. The van der Waals surface area contributed by atoms with Crippen LogP contribution in [-0.2, 0) is 17.8 Å². The van der Waals surface area contributed by atoms with Gasteiger partial charge >= 0.3 is 0 Å². The number of aromatic nitrogens is 3. The number of hydrogen-bond acceptors (Lipinski definition) is 6. The minimum atomic E-state index is -0.270. The van der Waals surface area contributed by atoms with Crippen LogP contribution in [0.15, 0.2) is 16.8 Å². The summed E-state index contributed by atoms with van der Waals surface area (Å²) in [6, 6.07) is 1.43. The predicted molar refractivity (Wildman–Crippen MR) is 80.2 cm³/mol. The molecule has 1 atom stereocenters. The number of anilines is 1. The van der Waals surface area contributed by atoms with Gasteiger partial charge in [0.15, 0.2) is 0 Å². The van der Waals surface area contributed by atoms with Crippen LogP contribution < -0.4 is 5.32 Å². The number of amides is 1. The van der Waals surface area contributed by atoms with Crippen LogP contribution in [0.25, 0.3) is 0 Å². The fourth-order valence-corrected chi connectivity index (χ4v) is 2.57. The second kappa shape index (κ2) is 5.84. The largest absolute Gasteiger partial charge is 0.338 e. The summed E-state index contributed by atoms with van der Waals surface area (Å²) in [5.74, 6) is 1.03. The van der Waals surface area contributed by atoms with E-state index in [1.165, 1.54) is 5.56 Å². The second-order valence-corrected chi connectivity index (χ2v) is 5.61. The Balaban J connectivity index is 1.68. The fourth-order valence-electron chi connectivity index (χ4n) is 2.57. The Morgan fingerprint density at radius 2 is 2.27 bits per heavy atom. The van der Waals surface area contributed by atoms with E-state index >= 15 is 0 Å². The van der Waals surface area contributed by atoms with Crippen molar-refractivity contribution in [1.82, 2.24) is 20.0 Å². The third-order valence-corrected chi connectivity index (χ3v) is 3.90. The SMILES string of the molecule is Cc1cc(NC(=O)[C@@H](C)N2CCc3cnc(C)nc3C2)on1. The van der Waals surface area contributed by atoms with Gasteiger partial charge in [-0.15, -0.1) is 0 Å². The van der Waals surface area contributed by atoms with Crippen molar-refractivity contribution in [1.29, 1.82) is 0 Å². The lowest BCUT2D eigenvalue weighted by Crippen LogP contribution is -2.44. The van der Waals surface area contributed by atoms with Gasteiger partial charge in [-0.2, -0.15) is 0 Å². The van der Waals surface area contributed by atoms with Crippen molar-refractivity contribution in [3.8, 4) is 0 Å². The highest BCUT2D eigenvalue weighted by atomic mass is 16.5. The first-order chi connectivity index (χ1) is 10.5.